The maximum Gasteiger partial charge on any atom is 0.343 e. The predicted octanol–water partition coefficient (Wildman–Crippen LogP) is 8.18. The zero-order valence-electron chi connectivity index (χ0n) is 23.5. The molecule has 0 spiro atoms. The maximum absolute atomic E-state index is 12.5. The van der Waals surface area contributed by atoms with Crippen molar-refractivity contribution in [1.82, 2.24) is 0 Å². The summed E-state index contributed by atoms with van der Waals surface area (Å²) >= 11 is 0. The van der Waals surface area contributed by atoms with Crippen molar-refractivity contribution in [1.29, 1.82) is 0 Å². The maximum atomic E-state index is 12.5. The molecule has 2 rings (SSSR count). The molecule has 0 aliphatic carbocycles. The summed E-state index contributed by atoms with van der Waals surface area (Å²) in [6, 6.07) is 13.3. The molecule has 1 atom stereocenters. The molecule has 0 radical (unpaired) electrons. The first-order valence-electron chi connectivity index (χ1n) is 14.4. The quantitative estimate of drug-likeness (QED) is 0.0984. The molecule has 0 N–H and O–H groups in total. The number of hydrogen-bond acceptors (Lipinski definition) is 6. The summed E-state index contributed by atoms with van der Waals surface area (Å²) < 4.78 is 22.2. The van der Waals surface area contributed by atoms with E-state index in [2.05, 4.69) is 13.8 Å². The lowest BCUT2D eigenvalue weighted by Crippen LogP contribution is -2.20. The number of benzene rings is 2. The summed E-state index contributed by atoms with van der Waals surface area (Å²) in [5, 5.41) is 0. The summed E-state index contributed by atoms with van der Waals surface area (Å²) in [4.78, 5) is 24.9. The van der Waals surface area contributed by atoms with E-state index in [1.165, 1.54) is 44.9 Å². The van der Waals surface area contributed by atoms with Crippen molar-refractivity contribution in [3.8, 4) is 11.5 Å². The van der Waals surface area contributed by atoms with Crippen LogP contribution in [0.2, 0.25) is 0 Å². The van der Waals surface area contributed by atoms with Gasteiger partial charge in [0.15, 0.2) is 0 Å². The van der Waals surface area contributed by atoms with Gasteiger partial charge in [0.1, 0.15) is 17.6 Å². The van der Waals surface area contributed by atoms with Crippen molar-refractivity contribution in [3.05, 3.63) is 59.7 Å². The molecule has 0 fully saturated rings. The number of carbonyl (C=O) groups is 2. The zero-order chi connectivity index (χ0) is 27.4. The number of ether oxygens (including phenoxy) is 4. The molecule has 38 heavy (non-hydrogen) atoms. The van der Waals surface area contributed by atoms with Crippen LogP contribution in [0, 0.1) is 0 Å². The monoisotopic (exact) mass is 526 g/mol. The Hall–Kier alpha value is -2.86. The minimum absolute atomic E-state index is 0.339. The van der Waals surface area contributed by atoms with Gasteiger partial charge in [-0.3, -0.25) is 0 Å². The Kier molecular flexibility index (Phi) is 15.9. The Bertz CT molecular complexity index is 907. The molecule has 6 heteroatoms. The number of unbranched alkanes of at least 4 members (excludes halogenated alkanes) is 9. The Morgan fingerprint density at radius 3 is 1.76 bits per heavy atom. The largest absolute Gasteiger partial charge is 0.494 e. The molecular formula is C32H46O6. The van der Waals surface area contributed by atoms with Crippen molar-refractivity contribution in [2.24, 2.45) is 0 Å². The summed E-state index contributed by atoms with van der Waals surface area (Å²) in [7, 11) is 0. The fraction of sp³-hybridized carbons (Fsp3) is 0.562. The highest BCUT2D eigenvalue weighted by Gasteiger charge is 2.14. The third kappa shape index (κ3) is 13.1. The molecule has 210 valence electrons. The molecule has 0 aliphatic heterocycles. The summed E-state index contributed by atoms with van der Waals surface area (Å²) in [6.45, 7) is 7.90. The lowest BCUT2D eigenvalue weighted by molar-refractivity contribution is 0.00156. The van der Waals surface area contributed by atoms with Crippen molar-refractivity contribution < 1.29 is 28.5 Å². The van der Waals surface area contributed by atoms with Crippen LogP contribution in [0.15, 0.2) is 48.5 Å². The Morgan fingerprint density at radius 1 is 0.632 bits per heavy atom. The molecule has 0 aliphatic rings. The topological polar surface area (TPSA) is 71.1 Å². The fourth-order valence-corrected chi connectivity index (χ4v) is 3.93. The van der Waals surface area contributed by atoms with E-state index in [-0.39, 0.29) is 6.10 Å². The SMILES string of the molecule is CCCCCCCCCCOc1ccc(C(=O)Oc2ccc(C(=O)O[C@@H](C)COCCCCC)cc2)cc1. The Labute approximate surface area is 229 Å². The van der Waals surface area contributed by atoms with E-state index in [0.717, 1.165) is 31.4 Å². The van der Waals surface area contributed by atoms with Crippen molar-refractivity contribution in [3.63, 3.8) is 0 Å². The van der Waals surface area contributed by atoms with Gasteiger partial charge in [0.25, 0.3) is 0 Å². The third-order valence-electron chi connectivity index (χ3n) is 6.21. The average molecular weight is 527 g/mol. The molecule has 2 aromatic rings. The molecule has 0 heterocycles. The first kappa shape index (κ1) is 31.4. The standard InChI is InChI=1S/C32H46O6/c1-4-6-8-9-10-11-12-14-24-36-29-19-15-28(16-20-29)32(34)38-30-21-17-27(18-22-30)31(33)37-26(3)25-35-23-13-7-5-2/h15-22,26H,4-14,23-25H2,1-3H3/t26-/m0/s1. The molecule has 0 saturated heterocycles. The first-order valence-corrected chi connectivity index (χ1v) is 14.4. The molecule has 0 bridgehead atoms. The van der Waals surface area contributed by atoms with Gasteiger partial charge < -0.3 is 18.9 Å². The van der Waals surface area contributed by atoms with E-state index in [0.29, 0.717) is 36.7 Å². The third-order valence-corrected chi connectivity index (χ3v) is 6.21. The molecule has 0 amide bonds. The van der Waals surface area contributed by atoms with Crippen LogP contribution < -0.4 is 9.47 Å². The molecule has 0 saturated carbocycles. The van der Waals surface area contributed by atoms with Crippen LogP contribution in [-0.2, 0) is 9.47 Å². The minimum atomic E-state index is -0.469. The van der Waals surface area contributed by atoms with E-state index in [1.807, 2.05) is 0 Å². The first-order chi connectivity index (χ1) is 18.5. The lowest BCUT2D eigenvalue weighted by atomic mass is 10.1. The molecular weight excluding hydrogens is 480 g/mol. The van der Waals surface area contributed by atoms with Crippen LogP contribution in [0.5, 0.6) is 11.5 Å². The minimum Gasteiger partial charge on any atom is -0.494 e. The van der Waals surface area contributed by atoms with Crippen LogP contribution in [-0.4, -0.2) is 37.9 Å². The van der Waals surface area contributed by atoms with Gasteiger partial charge in [-0.2, -0.15) is 0 Å². The fourth-order valence-electron chi connectivity index (χ4n) is 3.93. The second-order valence-corrected chi connectivity index (χ2v) is 9.76. The lowest BCUT2D eigenvalue weighted by Gasteiger charge is -2.14. The average Bonchev–Trinajstić information content (AvgIpc) is 2.92. The van der Waals surface area contributed by atoms with Crippen molar-refractivity contribution in [2.75, 3.05) is 19.8 Å². The van der Waals surface area contributed by atoms with E-state index < -0.39 is 11.9 Å². The highest BCUT2D eigenvalue weighted by molar-refractivity contribution is 5.92. The highest BCUT2D eigenvalue weighted by atomic mass is 16.6. The number of carbonyl (C=O) groups excluding carboxylic acids is 2. The van der Waals surface area contributed by atoms with Gasteiger partial charge in [0.05, 0.1) is 24.3 Å². The Balaban J connectivity index is 1.68. The van der Waals surface area contributed by atoms with E-state index in [1.54, 1.807) is 55.5 Å². The second kappa shape index (κ2) is 19.2. The number of esters is 2. The van der Waals surface area contributed by atoms with Gasteiger partial charge in [-0.05, 0) is 68.3 Å². The Morgan fingerprint density at radius 2 is 1.13 bits per heavy atom. The van der Waals surface area contributed by atoms with Gasteiger partial charge in [0.2, 0.25) is 0 Å². The van der Waals surface area contributed by atoms with Gasteiger partial charge in [-0.1, -0.05) is 71.6 Å². The van der Waals surface area contributed by atoms with Crippen LogP contribution >= 0.6 is 0 Å². The van der Waals surface area contributed by atoms with Gasteiger partial charge in [-0.15, -0.1) is 0 Å². The van der Waals surface area contributed by atoms with E-state index in [4.69, 9.17) is 18.9 Å². The van der Waals surface area contributed by atoms with Gasteiger partial charge in [-0.25, -0.2) is 9.59 Å². The van der Waals surface area contributed by atoms with Crippen LogP contribution in [0.1, 0.15) is 112 Å². The summed E-state index contributed by atoms with van der Waals surface area (Å²) in [5.41, 5.74) is 0.821. The molecule has 6 nitrogen and oxygen atoms in total. The summed E-state index contributed by atoms with van der Waals surface area (Å²) in [6.07, 6.45) is 13.0. The second-order valence-electron chi connectivity index (χ2n) is 9.76. The van der Waals surface area contributed by atoms with E-state index >= 15 is 0 Å². The van der Waals surface area contributed by atoms with Crippen LogP contribution in [0.4, 0.5) is 0 Å². The van der Waals surface area contributed by atoms with Crippen LogP contribution in [0.25, 0.3) is 0 Å². The number of rotatable bonds is 20. The number of hydrogen-bond donors (Lipinski definition) is 0. The predicted molar refractivity (Wildman–Crippen MR) is 151 cm³/mol. The van der Waals surface area contributed by atoms with Crippen LogP contribution in [0.3, 0.4) is 0 Å². The van der Waals surface area contributed by atoms with Gasteiger partial charge >= 0.3 is 11.9 Å². The highest BCUT2D eigenvalue weighted by Crippen LogP contribution is 2.18. The molecule has 0 aromatic heterocycles. The van der Waals surface area contributed by atoms with Crippen molar-refractivity contribution >= 4 is 11.9 Å². The van der Waals surface area contributed by atoms with E-state index in [9.17, 15) is 9.59 Å². The zero-order valence-corrected chi connectivity index (χ0v) is 23.5. The molecule has 0 unspecified atom stereocenters. The van der Waals surface area contributed by atoms with Crippen molar-refractivity contribution in [2.45, 2.75) is 97.5 Å². The van der Waals surface area contributed by atoms with Gasteiger partial charge in [0, 0.05) is 6.61 Å². The summed E-state index contributed by atoms with van der Waals surface area (Å²) in [5.74, 6) is 0.195. The molecule has 2 aromatic carbocycles. The normalized spacial score (nSPS) is 11.7. The smallest absolute Gasteiger partial charge is 0.343 e.